The smallest absolute Gasteiger partial charge is 0.356 e. The van der Waals surface area contributed by atoms with Gasteiger partial charge in [-0.1, -0.05) is 0 Å². The summed E-state index contributed by atoms with van der Waals surface area (Å²) in [7, 11) is 0. The van der Waals surface area contributed by atoms with Crippen LogP contribution in [0.25, 0.3) is 0 Å². The van der Waals surface area contributed by atoms with Crippen molar-refractivity contribution in [3.63, 3.8) is 0 Å². The molecule has 21 heavy (non-hydrogen) atoms. The molecule has 0 bridgehead atoms. The van der Waals surface area contributed by atoms with E-state index in [9.17, 15) is 0 Å². The first-order valence-electron chi connectivity index (χ1n) is 2.77. The summed E-state index contributed by atoms with van der Waals surface area (Å²) < 4.78 is 0. The Morgan fingerprint density at radius 2 is 0.476 bits per heavy atom. The molecule has 0 aliphatic heterocycles. The number of hydrogen-bond acceptors (Lipinski definition) is 13. The minimum atomic E-state index is -1.75. The van der Waals surface area contributed by atoms with Gasteiger partial charge < -0.3 is 56.4 Å². The number of nitrogens with zero attached hydrogens (tertiary/aromatic N) is 5. The molecule has 0 heterocycles. The first-order valence-corrected chi connectivity index (χ1v) is 2.77. The van der Waals surface area contributed by atoms with Gasteiger partial charge in [0.1, 0.15) is 0 Å². The van der Waals surface area contributed by atoms with Crippen molar-refractivity contribution >= 4 is 0 Å². The van der Waals surface area contributed by atoms with Crippen molar-refractivity contribution in [2.24, 2.45) is 0 Å². The molecule has 0 amide bonds. The van der Waals surface area contributed by atoms with Gasteiger partial charge in [0, 0.05) is 0 Å². The first-order chi connectivity index (χ1) is 8.66. The van der Waals surface area contributed by atoms with E-state index in [-0.39, 0.29) is 37.3 Å². The predicted molar refractivity (Wildman–Crippen MR) is 48.6 cm³/mol. The molecule has 20 nitrogen and oxygen atoms in total. The van der Waals surface area contributed by atoms with Gasteiger partial charge in [0.25, 0.3) is 10.2 Å². The minimum Gasteiger partial charge on any atom is -0.356 e. The third-order valence-electron chi connectivity index (χ3n) is 0. The molecule has 0 aliphatic carbocycles. The average molecular weight is 479 g/mol. The Kier molecular flexibility index (Phi) is 52.3. The molecule has 0 aromatic carbocycles. The molecule has 0 atom stereocenters. The van der Waals surface area contributed by atoms with Gasteiger partial charge in [0.15, 0.2) is 0 Å². The maximum absolute atomic E-state index is 8.36. The zero-order chi connectivity index (χ0) is 17.9. The topological polar surface area (TPSA) is 325 Å². The van der Waals surface area contributed by atoms with E-state index in [1.54, 1.807) is 0 Å². The van der Waals surface area contributed by atoms with E-state index in [4.69, 9.17) is 76.6 Å². The fraction of sp³-hybridized carbons (Fsp3) is 0. The second kappa shape index (κ2) is 30.4. The van der Waals surface area contributed by atoms with Crippen LogP contribution < -0.4 is 0 Å². The van der Waals surface area contributed by atoms with Crippen LogP contribution in [0.1, 0.15) is 0 Å². The normalized spacial score (nSPS) is 5.71. The maximum atomic E-state index is 8.36. The largest absolute Gasteiger partial charge is 3.00 e. The molecule has 1 radical (unpaired) electrons. The molecular formula is H2ErN5O15. The van der Waals surface area contributed by atoms with Gasteiger partial charge >= 0.3 is 37.3 Å². The number of rotatable bonds is 0. The molecule has 129 valence electrons. The van der Waals surface area contributed by atoms with Crippen LogP contribution in [0.15, 0.2) is 0 Å². The van der Waals surface area contributed by atoms with Crippen LogP contribution in [0.5, 0.6) is 0 Å². The van der Waals surface area contributed by atoms with E-state index in [0.29, 0.717) is 0 Å². The molecule has 0 aromatic rings. The Labute approximate surface area is 139 Å². The molecule has 2 N–H and O–H groups in total. The summed E-state index contributed by atoms with van der Waals surface area (Å²) in [6.45, 7) is 0. The monoisotopic (exact) mass is 478 g/mol. The minimum absolute atomic E-state index is 0. The van der Waals surface area contributed by atoms with Gasteiger partial charge in [-0.25, -0.2) is 0 Å². The maximum Gasteiger partial charge on any atom is 3.00 e. The van der Waals surface area contributed by atoms with Crippen molar-refractivity contribution in [2.75, 3.05) is 0 Å². The third kappa shape index (κ3) is 529. The zero-order valence-electron chi connectivity index (χ0n) is 8.73. The Bertz CT molecular complexity index is 207. The molecule has 21 heteroatoms. The summed E-state index contributed by atoms with van der Waals surface area (Å²) in [5.74, 6) is 0. The molecule has 0 saturated heterocycles. The number of hydrogen-bond donors (Lipinski definition) is 2. The quantitative estimate of drug-likeness (QED) is 0.297. The van der Waals surface area contributed by atoms with Gasteiger partial charge in [0.2, 0.25) is 0 Å². The van der Waals surface area contributed by atoms with E-state index < -0.39 is 25.4 Å². The van der Waals surface area contributed by atoms with Crippen molar-refractivity contribution in [1.29, 1.82) is 0 Å². The molecule has 0 spiro atoms. The predicted octanol–water partition coefficient (Wildman–Crippen LogP) is -1.41. The summed E-state index contributed by atoms with van der Waals surface area (Å²) in [6, 6.07) is 0. The van der Waals surface area contributed by atoms with Crippen LogP contribution in [-0.2, 0) is 0 Å². The Morgan fingerprint density at radius 3 is 0.476 bits per heavy atom. The van der Waals surface area contributed by atoms with Gasteiger partial charge in [-0.05, 0) is 0 Å². The van der Waals surface area contributed by atoms with Crippen LogP contribution in [0.3, 0.4) is 0 Å². The molecule has 0 aliphatic rings. The molecule has 0 saturated carbocycles. The van der Waals surface area contributed by atoms with Crippen LogP contribution in [0.2, 0.25) is 0 Å². The van der Waals surface area contributed by atoms with Crippen molar-refractivity contribution in [2.45, 2.75) is 0 Å². The second-order valence-electron chi connectivity index (χ2n) is 1.15. The summed E-state index contributed by atoms with van der Waals surface area (Å²) in [5, 5.41) is 71.5. The fourth-order valence-corrected chi connectivity index (χ4v) is 0. The second-order valence-corrected chi connectivity index (χ2v) is 1.15. The molecular weight excluding hydrogens is 477 g/mol. The van der Waals surface area contributed by atoms with Crippen LogP contribution in [0.4, 0.5) is 0 Å². The summed E-state index contributed by atoms with van der Waals surface area (Å²) in [5.41, 5.74) is 0. The van der Waals surface area contributed by atoms with Gasteiger partial charge in [-0.2, -0.15) is 0 Å². The zero-order valence-corrected chi connectivity index (χ0v) is 10.6. The van der Waals surface area contributed by atoms with Gasteiger partial charge in [-0.15, -0.1) is 20.2 Å². The Hall–Kier alpha value is -2.75. The molecule has 0 fully saturated rings. The van der Waals surface area contributed by atoms with Gasteiger partial charge in [0.05, 0.1) is 15.3 Å². The van der Waals surface area contributed by atoms with Crippen molar-refractivity contribution in [3.8, 4) is 0 Å². The molecule has 0 aromatic heterocycles. The van der Waals surface area contributed by atoms with E-state index >= 15 is 0 Å². The van der Waals surface area contributed by atoms with Crippen molar-refractivity contribution in [1.82, 2.24) is 0 Å². The Balaban J connectivity index is -0.0000000331. The van der Waals surface area contributed by atoms with Crippen molar-refractivity contribution < 1.29 is 73.2 Å². The van der Waals surface area contributed by atoms with E-state index in [1.165, 1.54) is 0 Å². The average Bonchev–Trinajstić information content (AvgIpc) is 1.94. The van der Waals surface area contributed by atoms with E-state index in [2.05, 4.69) is 0 Å². The SMILES string of the molecule is O=[N+]([O-])O.O=[N+]([O-])O.O=[N+]([O-])[O-].O=[N+]([O-])[O-].O=[N+]([O-])[O-].[Er+3]. The standard InChI is InChI=1S/Er.2HNO3.3NO3/c;5*2-1(3)4/h;2*(H,2,3,4);;;/q+3;;;3*-1. The van der Waals surface area contributed by atoms with Crippen LogP contribution in [0, 0.1) is 103 Å². The van der Waals surface area contributed by atoms with Crippen LogP contribution in [-0.4, -0.2) is 35.8 Å². The molecule has 0 rings (SSSR count). The first kappa shape index (κ1) is 36.2. The Morgan fingerprint density at radius 1 is 0.476 bits per heavy atom. The van der Waals surface area contributed by atoms with Crippen LogP contribution >= 0.6 is 0 Å². The third-order valence-corrected chi connectivity index (χ3v) is 0. The van der Waals surface area contributed by atoms with E-state index in [1.807, 2.05) is 0 Å². The summed E-state index contributed by atoms with van der Waals surface area (Å²) in [4.78, 5) is 41.5. The van der Waals surface area contributed by atoms with Crippen molar-refractivity contribution in [3.05, 3.63) is 66.2 Å². The summed E-state index contributed by atoms with van der Waals surface area (Å²) in [6.07, 6.45) is 0. The fourth-order valence-electron chi connectivity index (χ4n) is 0. The molecule has 0 unspecified atom stereocenters. The van der Waals surface area contributed by atoms with E-state index in [0.717, 1.165) is 0 Å². The van der Waals surface area contributed by atoms with Gasteiger partial charge in [-0.3, -0.25) is 0 Å². The summed E-state index contributed by atoms with van der Waals surface area (Å²) >= 11 is 0.